The summed E-state index contributed by atoms with van der Waals surface area (Å²) in [6, 6.07) is 7.93. The molecule has 1 aliphatic heterocycles. The number of ether oxygens (including phenoxy) is 2. The molecule has 0 spiro atoms. The number of benzene rings is 1. The molecule has 3 aromatic rings. The van der Waals surface area contributed by atoms with Crippen molar-refractivity contribution in [1.82, 2.24) is 9.97 Å². The number of aromatic nitrogens is 2. The highest BCUT2D eigenvalue weighted by Gasteiger charge is 2.18. The molecule has 9 heteroatoms. The van der Waals surface area contributed by atoms with Crippen LogP contribution in [-0.2, 0) is 14.3 Å². The molecule has 0 saturated carbocycles. The summed E-state index contributed by atoms with van der Waals surface area (Å²) in [7, 11) is 0. The summed E-state index contributed by atoms with van der Waals surface area (Å²) in [5, 5.41) is 9.39. The topological polar surface area (TPSA) is 85.4 Å². The third kappa shape index (κ3) is 4.16. The molecule has 0 atom stereocenters. The zero-order valence-electron chi connectivity index (χ0n) is 14.8. The molecule has 7 nitrogen and oxygen atoms in total. The summed E-state index contributed by atoms with van der Waals surface area (Å²) in [5.41, 5.74) is 3.59. The smallest absolute Gasteiger partial charge is 0.223 e. The number of nitrogens with one attached hydrogen (secondary N) is 2. The summed E-state index contributed by atoms with van der Waals surface area (Å²) >= 11 is 2.94. The largest absolute Gasteiger partial charge is 0.346 e. The monoisotopic (exact) mass is 402 g/mol. The SMILES string of the molecule is CC(=O)Nc1nc(C)c(-c2csc(Nc3cccc(C4OCCO4)c3)n2)s1. The van der Waals surface area contributed by atoms with Gasteiger partial charge in [-0.3, -0.25) is 4.79 Å². The Morgan fingerprint density at radius 2 is 2.04 bits per heavy atom. The van der Waals surface area contributed by atoms with Crippen LogP contribution in [0.25, 0.3) is 10.6 Å². The molecule has 3 heterocycles. The molecule has 0 unspecified atom stereocenters. The average Bonchev–Trinajstić information content (AvgIpc) is 3.36. The van der Waals surface area contributed by atoms with Gasteiger partial charge in [0.15, 0.2) is 16.6 Å². The summed E-state index contributed by atoms with van der Waals surface area (Å²) in [6.07, 6.45) is -0.300. The number of carbonyl (C=O) groups is 1. The van der Waals surface area contributed by atoms with Crippen LogP contribution in [0.2, 0.25) is 0 Å². The third-order valence-corrected chi connectivity index (χ3v) is 5.70. The normalized spacial score (nSPS) is 14.4. The fraction of sp³-hybridized carbons (Fsp3) is 0.278. The zero-order chi connectivity index (χ0) is 18.8. The first-order valence-electron chi connectivity index (χ1n) is 8.39. The van der Waals surface area contributed by atoms with E-state index in [0.717, 1.165) is 32.6 Å². The minimum atomic E-state index is -0.300. The van der Waals surface area contributed by atoms with E-state index in [4.69, 9.17) is 9.47 Å². The van der Waals surface area contributed by atoms with Crippen molar-refractivity contribution < 1.29 is 14.3 Å². The minimum absolute atomic E-state index is 0.133. The van der Waals surface area contributed by atoms with Gasteiger partial charge < -0.3 is 20.1 Å². The van der Waals surface area contributed by atoms with Crippen molar-refractivity contribution in [3.05, 3.63) is 40.9 Å². The highest BCUT2D eigenvalue weighted by atomic mass is 32.1. The molecule has 0 bridgehead atoms. The van der Waals surface area contributed by atoms with Crippen LogP contribution in [0.15, 0.2) is 29.6 Å². The first kappa shape index (κ1) is 18.1. The molecular formula is C18H18N4O3S2. The Morgan fingerprint density at radius 1 is 1.22 bits per heavy atom. The predicted octanol–water partition coefficient (Wildman–Crippen LogP) is 4.32. The summed E-state index contributed by atoms with van der Waals surface area (Å²) in [5.74, 6) is -0.133. The van der Waals surface area contributed by atoms with Crippen molar-refractivity contribution >= 4 is 44.5 Å². The number of hydrogen-bond donors (Lipinski definition) is 2. The van der Waals surface area contributed by atoms with Gasteiger partial charge in [-0.15, -0.1) is 11.3 Å². The number of carbonyl (C=O) groups excluding carboxylic acids is 1. The van der Waals surface area contributed by atoms with E-state index in [1.54, 1.807) is 0 Å². The van der Waals surface area contributed by atoms with E-state index in [1.807, 2.05) is 36.6 Å². The van der Waals surface area contributed by atoms with Crippen molar-refractivity contribution in [3.63, 3.8) is 0 Å². The molecule has 4 rings (SSSR count). The van der Waals surface area contributed by atoms with Crippen LogP contribution in [0.3, 0.4) is 0 Å². The molecule has 1 aliphatic rings. The zero-order valence-corrected chi connectivity index (χ0v) is 16.4. The maximum Gasteiger partial charge on any atom is 0.223 e. The van der Waals surface area contributed by atoms with Crippen LogP contribution in [0.4, 0.5) is 16.0 Å². The van der Waals surface area contributed by atoms with Crippen LogP contribution in [-0.4, -0.2) is 29.1 Å². The summed E-state index contributed by atoms with van der Waals surface area (Å²) < 4.78 is 11.1. The lowest BCUT2D eigenvalue weighted by Crippen LogP contribution is -2.04. The lowest BCUT2D eigenvalue weighted by molar-refractivity contribution is -0.114. The van der Waals surface area contributed by atoms with E-state index >= 15 is 0 Å². The Labute approximate surface area is 164 Å². The van der Waals surface area contributed by atoms with Gasteiger partial charge in [-0.25, -0.2) is 9.97 Å². The minimum Gasteiger partial charge on any atom is -0.346 e. The van der Waals surface area contributed by atoms with Crippen LogP contribution < -0.4 is 10.6 Å². The number of thiazole rings is 2. The van der Waals surface area contributed by atoms with Crippen LogP contribution in [0.5, 0.6) is 0 Å². The van der Waals surface area contributed by atoms with E-state index in [1.165, 1.54) is 29.6 Å². The van der Waals surface area contributed by atoms with Gasteiger partial charge >= 0.3 is 0 Å². The summed E-state index contributed by atoms with van der Waals surface area (Å²) in [6.45, 7) is 4.62. The highest BCUT2D eigenvalue weighted by Crippen LogP contribution is 2.35. The maximum absolute atomic E-state index is 11.2. The lowest BCUT2D eigenvalue weighted by Gasteiger charge is -2.11. The van der Waals surface area contributed by atoms with Crippen LogP contribution >= 0.6 is 22.7 Å². The number of hydrogen-bond acceptors (Lipinski definition) is 8. The van der Waals surface area contributed by atoms with Crippen molar-refractivity contribution in [3.8, 4) is 10.6 Å². The number of nitrogens with zero attached hydrogens (tertiary/aromatic N) is 2. The van der Waals surface area contributed by atoms with Gasteiger partial charge in [-0.2, -0.15) is 0 Å². The molecule has 1 aromatic carbocycles. The fourth-order valence-corrected chi connectivity index (χ4v) is 4.48. The molecule has 1 amide bonds. The standard InChI is InChI=1S/C18H18N4O3S2/c1-10-15(27-18(19-10)20-11(2)23)14-9-26-17(22-14)21-13-5-3-4-12(8-13)16-24-6-7-25-16/h3-5,8-9,16H,6-7H2,1-2H3,(H,21,22)(H,19,20,23). The van der Waals surface area contributed by atoms with Gasteiger partial charge in [0.2, 0.25) is 5.91 Å². The number of anilines is 3. The molecule has 1 saturated heterocycles. The van der Waals surface area contributed by atoms with E-state index in [0.29, 0.717) is 18.3 Å². The second kappa shape index (κ2) is 7.73. The van der Waals surface area contributed by atoms with Gasteiger partial charge in [0, 0.05) is 23.6 Å². The second-order valence-corrected chi connectivity index (χ2v) is 7.83. The van der Waals surface area contributed by atoms with Gasteiger partial charge in [0.25, 0.3) is 0 Å². The number of amides is 1. The molecule has 0 radical (unpaired) electrons. The molecule has 27 heavy (non-hydrogen) atoms. The molecule has 0 aliphatic carbocycles. The van der Waals surface area contributed by atoms with Crippen LogP contribution in [0.1, 0.15) is 24.5 Å². The van der Waals surface area contributed by atoms with Gasteiger partial charge in [-0.05, 0) is 19.1 Å². The van der Waals surface area contributed by atoms with Crippen molar-refractivity contribution in [1.29, 1.82) is 0 Å². The van der Waals surface area contributed by atoms with E-state index in [9.17, 15) is 4.79 Å². The third-order valence-electron chi connectivity index (χ3n) is 3.85. The van der Waals surface area contributed by atoms with Crippen molar-refractivity contribution in [2.45, 2.75) is 20.1 Å². The Bertz CT molecular complexity index is 963. The molecule has 2 N–H and O–H groups in total. The first-order valence-corrected chi connectivity index (χ1v) is 10.1. The Hall–Kier alpha value is -2.33. The average molecular weight is 403 g/mol. The van der Waals surface area contributed by atoms with E-state index in [-0.39, 0.29) is 12.2 Å². The van der Waals surface area contributed by atoms with E-state index < -0.39 is 0 Å². The lowest BCUT2D eigenvalue weighted by atomic mass is 10.2. The number of aryl methyl sites for hydroxylation is 1. The highest BCUT2D eigenvalue weighted by molar-refractivity contribution is 7.20. The number of rotatable bonds is 5. The molecular weight excluding hydrogens is 384 g/mol. The molecule has 2 aromatic heterocycles. The maximum atomic E-state index is 11.2. The summed E-state index contributed by atoms with van der Waals surface area (Å²) in [4.78, 5) is 21.2. The Kier molecular flexibility index (Phi) is 5.17. The van der Waals surface area contributed by atoms with Gasteiger partial charge in [0.05, 0.1) is 29.5 Å². The Balaban J connectivity index is 1.51. The molecule has 1 fully saturated rings. The van der Waals surface area contributed by atoms with Crippen molar-refractivity contribution in [2.24, 2.45) is 0 Å². The predicted molar refractivity (Wildman–Crippen MR) is 107 cm³/mol. The fourth-order valence-electron chi connectivity index (χ4n) is 2.71. The van der Waals surface area contributed by atoms with Crippen molar-refractivity contribution in [2.75, 3.05) is 23.8 Å². The van der Waals surface area contributed by atoms with Gasteiger partial charge in [0.1, 0.15) is 0 Å². The first-order chi connectivity index (χ1) is 13.1. The second-order valence-electron chi connectivity index (χ2n) is 5.98. The Morgan fingerprint density at radius 3 is 2.81 bits per heavy atom. The quantitative estimate of drug-likeness (QED) is 0.661. The van der Waals surface area contributed by atoms with Crippen LogP contribution in [0, 0.1) is 6.92 Å². The van der Waals surface area contributed by atoms with E-state index in [2.05, 4.69) is 20.6 Å². The molecule has 140 valence electrons. The van der Waals surface area contributed by atoms with Gasteiger partial charge in [-0.1, -0.05) is 23.5 Å².